The van der Waals surface area contributed by atoms with E-state index in [1.54, 1.807) is 6.92 Å². The number of carbonyl (C=O) groups is 2. The number of ketones is 1. The molecule has 0 aliphatic rings. The molecule has 0 aliphatic carbocycles. The molecule has 0 spiro atoms. The second kappa shape index (κ2) is 4.45. The molecule has 0 amide bonds. The minimum absolute atomic E-state index is 0.0545. The highest BCUT2D eigenvalue weighted by atomic mass is 16.5. The molecule has 0 aliphatic heterocycles. The van der Waals surface area contributed by atoms with Crippen molar-refractivity contribution in [3.05, 3.63) is 23.8 Å². The smallest absolute Gasteiger partial charge is 0.379 e. The Morgan fingerprint density at radius 1 is 1.27 bits per heavy atom. The van der Waals surface area contributed by atoms with Gasteiger partial charge in [0.25, 0.3) is 5.78 Å². The van der Waals surface area contributed by atoms with Gasteiger partial charge in [0.05, 0.1) is 6.61 Å². The number of Topliss-reactive ketones (excluding diaryl/α,β-unsaturated/α-hetero) is 1. The van der Waals surface area contributed by atoms with Crippen molar-refractivity contribution in [2.75, 3.05) is 6.61 Å². The van der Waals surface area contributed by atoms with Gasteiger partial charge in [-0.25, -0.2) is 4.79 Å². The molecule has 1 aromatic carbocycles. The maximum atomic E-state index is 11.4. The first-order valence-corrected chi connectivity index (χ1v) is 4.30. The van der Waals surface area contributed by atoms with Gasteiger partial charge in [-0.15, -0.1) is 0 Å². The van der Waals surface area contributed by atoms with Crippen LogP contribution in [0.1, 0.15) is 17.3 Å². The average molecular weight is 210 g/mol. The number of phenols is 2. The predicted octanol–water partition coefficient (Wildman–Crippen LogP) is 0.844. The Hall–Kier alpha value is -2.04. The molecule has 80 valence electrons. The largest absolute Gasteiger partial charge is 0.507 e. The zero-order valence-corrected chi connectivity index (χ0v) is 8.06. The first-order chi connectivity index (χ1) is 7.07. The molecular formula is C10H10O5. The van der Waals surface area contributed by atoms with E-state index < -0.39 is 28.8 Å². The molecule has 2 N–H and O–H groups in total. The number of esters is 1. The van der Waals surface area contributed by atoms with Crippen LogP contribution in [0.5, 0.6) is 11.5 Å². The van der Waals surface area contributed by atoms with Gasteiger partial charge < -0.3 is 14.9 Å². The molecule has 15 heavy (non-hydrogen) atoms. The molecule has 0 saturated heterocycles. The van der Waals surface area contributed by atoms with Gasteiger partial charge in [0.1, 0.15) is 17.1 Å². The molecule has 0 bridgehead atoms. The normalized spacial score (nSPS) is 9.67. The fraction of sp³-hybridized carbons (Fsp3) is 0.200. The van der Waals surface area contributed by atoms with Crippen LogP contribution in [0.15, 0.2) is 18.2 Å². The minimum atomic E-state index is -1.10. The number of rotatable bonds is 3. The number of benzene rings is 1. The lowest BCUT2D eigenvalue weighted by Crippen LogP contribution is -2.17. The average Bonchev–Trinajstić information content (AvgIpc) is 2.17. The van der Waals surface area contributed by atoms with E-state index >= 15 is 0 Å². The number of hydrogen-bond donors (Lipinski definition) is 2. The van der Waals surface area contributed by atoms with Crippen LogP contribution in [0.4, 0.5) is 0 Å². The van der Waals surface area contributed by atoms with Crippen molar-refractivity contribution < 1.29 is 24.5 Å². The van der Waals surface area contributed by atoms with Gasteiger partial charge in [0, 0.05) is 0 Å². The van der Waals surface area contributed by atoms with Gasteiger partial charge >= 0.3 is 5.97 Å². The third-order valence-electron chi connectivity index (χ3n) is 1.71. The summed E-state index contributed by atoms with van der Waals surface area (Å²) in [6.07, 6.45) is 0. The Kier molecular flexibility index (Phi) is 3.28. The predicted molar refractivity (Wildman–Crippen MR) is 50.7 cm³/mol. The van der Waals surface area contributed by atoms with Crippen LogP contribution in [0.25, 0.3) is 0 Å². The molecule has 0 atom stereocenters. The Labute approximate surface area is 85.9 Å². The third kappa shape index (κ3) is 2.25. The van der Waals surface area contributed by atoms with E-state index in [4.69, 9.17) is 0 Å². The number of aromatic hydroxyl groups is 2. The Morgan fingerprint density at radius 2 is 1.80 bits per heavy atom. The molecular weight excluding hydrogens is 200 g/mol. The molecule has 0 heterocycles. The summed E-state index contributed by atoms with van der Waals surface area (Å²) in [6.45, 7) is 1.61. The molecule has 0 fully saturated rings. The van der Waals surface area contributed by atoms with Gasteiger partial charge in [-0.1, -0.05) is 6.07 Å². The standard InChI is InChI=1S/C10H10O5/c1-2-15-10(14)9(13)8-6(11)4-3-5-7(8)12/h3-5,11-12H,2H2,1H3. The summed E-state index contributed by atoms with van der Waals surface area (Å²) in [4.78, 5) is 22.4. The van der Waals surface area contributed by atoms with Gasteiger partial charge in [-0.2, -0.15) is 0 Å². The Balaban J connectivity index is 3.06. The Bertz CT molecular complexity index is 377. The third-order valence-corrected chi connectivity index (χ3v) is 1.71. The van der Waals surface area contributed by atoms with E-state index in [9.17, 15) is 19.8 Å². The highest BCUT2D eigenvalue weighted by molar-refractivity contribution is 6.42. The molecule has 0 saturated carbocycles. The number of ether oxygens (including phenoxy) is 1. The first-order valence-electron chi connectivity index (χ1n) is 4.30. The monoisotopic (exact) mass is 210 g/mol. The van der Waals surface area contributed by atoms with Crippen LogP contribution in [0, 0.1) is 0 Å². The summed E-state index contributed by atoms with van der Waals surface area (Å²) in [7, 11) is 0. The van der Waals surface area contributed by atoms with E-state index in [-0.39, 0.29) is 6.61 Å². The molecule has 0 unspecified atom stereocenters. The minimum Gasteiger partial charge on any atom is -0.507 e. The molecule has 5 nitrogen and oxygen atoms in total. The van der Waals surface area contributed by atoms with Crippen LogP contribution in [0.3, 0.4) is 0 Å². The van der Waals surface area contributed by atoms with E-state index in [0.29, 0.717) is 0 Å². The van der Waals surface area contributed by atoms with Crippen molar-refractivity contribution >= 4 is 11.8 Å². The van der Waals surface area contributed by atoms with Crippen LogP contribution in [0.2, 0.25) is 0 Å². The summed E-state index contributed by atoms with van der Waals surface area (Å²) < 4.78 is 4.46. The van der Waals surface area contributed by atoms with Gasteiger partial charge in [-0.05, 0) is 19.1 Å². The van der Waals surface area contributed by atoms with Crippen LogP contribution in [-0.2, 0) is 9.53 Å². The number of phenolic OH excluding ortho intramolecular Hbond substituents is 2. The topological polar surface area (TPSA) is 83.8 Å². The second-order valence-electron chi connectivity index (χ2n) is 2.72. The van der Waals surface area contributed by atoms with Crippen molar-refractivity contribution in [2.45, 2.75) is 6.92 Å². The van der Waals surface area contributed by atoms with Crippen LogP contribution < -0.4 is 0 Å². The fourth-order valence-electron chi connectivity index (χ4n) is 1.06. The van der Waals surface area contributed by atoms with Gasteiger partial charge in [0.15, 0.2) is 0 Å². The summed E-state index contributed by atoms with van der Waals surface area (Å²) in [5.41, 5.74) is -0.434. The summed E-state index contributed by atoms with van der Waals surface area (Å²) in [6, 6.07) is 3.75. The van der Waals surface area contributed by atoms with Crippen molar-refractivity contribution in [1.82, 2.24) is 0 Å². The second-order valence-corrected chi connectivity index (χ2v) is 2.72. The highest BCUT2D eigenvalue weighted by Crippen LogP contribution is 2.26. The van der Waals surface area contributed by atoms with E-state index in [1.165, 1.54) is 18.2 Å². The fourth-order valence-corrected chi connectivity index (χ4v) is 1.06. The van der Waals surface area contributed by atoms with Crippen molar-refractivity contribution in [3.8, 4) is 11.5 Å². The zero-order valence-electron chi connectivity index (χ0n) is 8.06. The lowest BCUT2D eigenvalue weighted by atomic mass is 10.1. The maximum Gasteiger partial charge on any atom is 0.379 e. The van der Waals surface area contributed by atoms with Crippen LogP contribution >= 0.6 is 0 Å². The lowest BCUT2D eigenvalue weighted by Gasteiger charge is -2.04. The van der Waals surface area contributed by atoms with Crippen molar-refractivity contribution in [3.63, 3.8) is 0 Å². The lowest BCUT2D eigenvalue weighted by molar-refractivity contribution is -0.137. The van der Waals surface area contributed by atoms with E-state index in [0.717, 1.165) is 0 Å². The van der Waals surface area contributed by atoms with E-state index in [2.05, 4.69) is 4.74 Å². The van der Waals surface area contributed by atoms with Gasteiger partial charge in [0.2, 0.25) is 0 Å². The molecule has 1 aromatic rings. The Morgan fingerprint density at radius 3 is 2.27 bits per heavy atom. The van der Waals surface area contributed by atoms with Gasteiger partial charge in [-0.3, -0.25) is 4.79 Å². The maximum absolute atomic E-state index is 11.4. The molecule has 1 rings (SSSR count). The summed E-state index contributed by atoms with van der Waals surface area (Å²) in [5.74, 6) is -3.07. The van der Waals surface area contributed by atoms with Crippen molar-refractivity contribution in [1.29, 1.82) is 0 Å². The SMILES string of the molecule is CCOC(=O)C(=O)c1c(O)cccc1O. The molecule has 0 radical (unpaired) electrons. The van der Waals surface area contributed by atoms with Crippen molar-refractivity contribution in [2.24, 2.45) is 0 Å². The highest BCUT2D eigenvalue weighted by Gasteiger charge is 2.24. The number of carbonyl (C=O) groups excluding carboxylic acids is 2. The van der Waals surface area contributed by atoms with Crippen LogP contribution in [-0.4, -0.2) is 28.6 Å². The summed E-state index contributed by atoms with van der Waals surface area (Å²) in [5, 5.41) is 18.6. The molecule has 5 heteroatoms. The number of hydrogen-bond acceptors (Lipinski definition) is 5. The quantitative estimate of drug-likeness (QED) is 0.439. The summed E-state index contributed by atoms with van der Waals surface area (Å²) >= 11 is 0. The molecule has 0 aromatic heterocycles. The van der Waals surface area contributed by atoms with E-state index in [1.807, 2.05) is 0 Å². The first kappa shape index (κ1) is 11.0. The zero-order chi connectivity index (χ0) is 11.4.